The van der Waals surface area contributed by atoms with Crippen LogP contribution in [0, 0.1) is 5.92 Å². The van der Waals surface area contributed by atoms with Crippen LogP contribution in [0.3, 0.4) is 0 Å². The van der Waals surface area contributed by atoms with Gasteiger partial charge in [0.1, 0.15) is 0 Å². The molecule has 5 heteroatoms. The predicted molar refractivity (Wildman–Crippen MR) is 86.3 cm³/mol. The third-order valence-corrected chi connectivity index (χ3v) is 5.03. The zero-order chi connectivity index (χ0) is 15.5. The Morgan fingerprint density at radius 2 is 2.14 bits per heavy atom. The van der Waals surface area contributed by atoms with E-state index in [0.717, 1.165) is 38.3 Å². The van der Waals surface area contributed by atoms with Crippen LogP contribution in [0.15, 0.2) is 12.3 Å². The van der Waals surface area contributed by atoms with Crippen LogP contribution < -0.4 is 0 Å². The Labute approximate surface area is 133 Å². The third kappa shape index (κ3) is 3.51. The second kappa shape index (κ2) is 6.82. The average molecular weight is 304 g/mol. The zero-order valence-electron chi connectivity index (χ0n) is 13.9. The summed E-state index contributed by atoms with van der Waals surface area (Å²) in [5, 5.41) is 4.53. The molecular formula is C17H28N4O. The highest BCUT2D eigenvalue weighted by atomic mass is 16.2. The first-order chi connectivity index (χ1) is 10.7. The van der Waals surface area contributed by atoms with Crippen LogP contribution in [0.5, 0.6) is 0 Å². The van der Waals surface area contributed by atoms with Gasteiger partial charge in [-0.25, -0.2) is 0 Å². The lowest BCUT2D eigenvalue weighted by molar-refractivity contribution is -0.129. The van der Waals surface area contributed by atoms with Crippen molar-refractivity contribution in [3.8, 4) is 0 Å². The minimum absolute atomic E-state index is 0.376. The number of aromatic nitrogens is 2. The van der Waals surface area contributed by atoms with Gasteiger partial charge in [-0.3, -0.25) is 9.48 Å². The second-order valence-electron chi connectivity index (χ2n) is 6.91. The van der Waals surface area contributed by atoms with E-state index in [0.29, 0.717) is 17.9 Å². The summed E-state index contributed by atoms with van der Waals surface area (Å²) in [6.45, 7) is 5.81. The summed E-state index contributed by atoms with van der Waals surface area (Å²) in [7, 11) is 2.13. The average Bonchev–Trinajstić information content (AvgIpc) is 3.19. The van der Waals surface area contributed by atoms with E-state index >= 15 is 0 Å². The fourth-order valence-corrected chi connectivity index (χ4v) is 3.95. The molecule has 1 amide bonds. The monoisotopic (exact) mass is 304 g/mol. The van der Waals surface area contributed by atoms with E-state index in [9.17, 15) is 4.79 Å². The molecule has 5 nitrogen and oxygen atoms in total. The molecule has 1 aliphatic carbocycles. The summed E-state index contributed by atoms with van der Waals surface area (Å²) in [6, 6.07) is 2.62. The topological polar surface area (TPSA) is 41.4 Å². The van der Waals surface area contributed by atoms with E-state index in [1.54, 1.807) is 0 Å². The van der Waals surface area contributed by atoms with E-state index in [2.05, 4.69) is 34.9 Å². The maximum absolute atomic E-state index is 12.2. The van der Waals surface area contributed by atoms with Crippen molar-refractivity contribution in [2.75, 3.05) is 20.1 Å². The lowest BCUT2D eigenvalue weighted by Crippen LogP contribution is -2.35. The molecule has 1 unspecified atom stereocenters. The fourth-order valence-electron chi connectivity index (χ4n) is 3.95. The SMILES string of the molecule is CCn1ccc(CN(C)CC2CC(=O)N(C3CCCC3)C2)n1. The second-order valence-corrected chi connectivity index (χ2v) is 6.91. The molecule has 0 spiro atoms. The van der Waals surface area contributed by atoms with Crippen LogP contribution in [-0.4, -0.2) is 51.7 Å². The molecule has 0 N–H and O–H groups in total. The maximum atomic E-state index is 12.2. The van der Waals surface area contributed by atoms with E-state index in [-0.39, 0.29) is 0 Å². The van der Waals surface area contributed by atoms with E-state index in [1.807, 2.05) is 10.9 Å². The van der Waals surface area contributed by atoms with Crippen molar-refractivity contribution in [3.63, 3.8) is 0 Å². The molecule has 122 valence electrons. The quantitative estimate of drug-likeness (QED) is 0.808. The first kappa shape index (κ1) is 15.5. The summed E-state index contributed by atoms with van der Waals surface area (Å²) in [5.74, 6) is 0.854. The number of hydrogen-bond donors (Lipinski definition) is 0. The molecule has 0 radical (unpaired) electrons. The minimum atomic E-state index is 0.376. The molecular weight excluding hydrogens is 276 g/mol. The Bertz CT molecular complexity index is 507. The molecule has 3 rings (SSSR count). The first-order valence-electron chi connectivity index (χ1n) is 8.66. The number of likely N-dealkylation sites (tertiary alicyclic amines) is 1. The largest absolute Gasteiger partial charge is 0.339 e. The van der Waals surface area contributed by atoms with Crippen molar-refractivity contribution in [2.45, 2.75) is 58.2 Å². The van der Waals surface area contributed by atoms with Gasteiger partial charge in [-0.15, -0.1) is 0 Å². The highest BCUT2D eigenvalue weighted by molar-refractivity contribution is 5.79. The van der Waals surface area contributed by atoms with E-state index in [1.165, 1.54) is 25.7 Å². The van der Waals surface area contributed by atoms with Crippen molar-refractivity contribution in [3.05, 3.63) is 18.0 Å². The van der Waals surface area contributed by atoms with Gasteiger partial charge in [0.05, 0.1) is 5.69 Å². The van der Waals surface area contributed by atoms with Crippen molar-refractivity contribution in [1.82, 2.24) is 19.6 Å². The third-order valence-electron chi connectivity index (χ3n) is 5.03. The molecule has 1 aromatic rings. The van der Waals surface area contributed by atoms with E-state index in [4.69, 9.17) is 0 Å². The summed E-state index contributed by atoms with van der Waals surface area (Å²) >= 11 is 0. The highest BCUT2D eigenvalue weighted by Crippen LogP contribution is 2.29. The van der Waals surface area contributed by atoms with Gasteiger partial charge in [-0.2, -0.15) is 5.10 Å². The number of nitrogens with zero attached hydrogens (tertiary/aromatic N) is 4. The molecule has 2 fully saturated rings. The molecule has 1 aliphatic heterocycles. The molecule has 1 aromatic heterocycles. The number of carbonyl (C=O) groups excluding carboxylic acids is 1. The minimum Gasteiger partial charge on any atom is -0.339 e. The molecule has 0 aromatic carbocycles. The summed E-state index contributed by atoms with van der Waals surface area (Å²) in [5.41, 5.74) is 1.11. The standard InChI is InChI=1S/C17H28N4O/c1-3-20-9-8-15(18-20)13-19(2)11-14-10-17(22)21(12-14)16-6-4-5-7-16/h8-9,14,16H,3-7,10-13H2,1-2H3. The smallest absolute Gasteiger partial charge is 0.223 e. The van der Waals surface area contributed by atoms with Crippen molar-refractivity contribution >= 4 is 5.91 Å². The Hall–Kier alpha value is -1.36. The van der Waals surface area contributed by atoms with Crippen LogP contribution >= 0.6 is 0 Å². The summed E-state index contributed by atoms with van der Waals surface area (Å²) in [4.78, 5) is 16.7. The Balaban J connectivity index is 1.49. The van der Waals surface area contributed by atoms with Gasteiger partial charge in [0, 0.05) is 44.8 Å². The van der Waals surface area contributed by atoms with Crippen molar-refractivity contribution in [1.29, 1.82) is 0 Å². The molecule has 0 bridgehead atoms. The molecule has 1 saturated carbocycles. The van der Waals surface area contributed by atoms with Gasteiger partial charge < -0.3 is 9.80 Å². The number of amides is 1. The van der Waals surface area contributed by atoms with Gasteiger partial charge in [0.2, 0.25) is 5.91 Å². The number of carbonyl (C=O) groups is 1. The van der Waals surface area contributed by atoms with Gasteiger partial charge >= 0.3 is 0 Å². The van der Waals surface area contributed by atoms with Gasteiger partial charge in [0.25, 0.3) is 0 Å². The highest BCUT2D eigenvalue weighted by Gasteiger charge is 2.35. The van der Waals surface area contributed by atoms with Crippen LogP contribution in [-0.2, 0) is 17.9 Å². The summed E-state index contributed by atoms with van der Waals surface area (Å²) < 4.78 is 1.96. The van der Waals surface area contributed by atoms with E-state index < -0.39 is 0 Å². The lowest BCUT2D eigenvalue weighted by atomic mass is 10.1. The van der Waals surface area contributed by atoms with Crippen LogP contribution in [0.2, 0.25) is 0 Å². The van der Waals surface area contributed by atoms with Gasteiger partial charge in [-0.05, 0) is 38.8 Å². The number of aryl methyl sites for hydroxylation is 1. The van der Waals surface area contributed by atoms with Crippen LogP contribution in [0.1, 0.15) is 44.7 Å². The van der Waals surface area contributed by atoms with Crippen LogP contribution in [0.4, 0.5) is 0 Å². The Kier molecular flexibility index (Phi) is 4.81. The molecule has 1 atom stereocenters. The first-order valence-corrected chi connectivity index (χ1v) is 8.66. The zero-order valence-corrected chi connectivity index (χ0v) is 13.9. The lowest BCUT2D eigenvalue weighted by Gasteiger charge is -2.25. The number of hydrogen-bond acceptors (Lipinski definition) is 3. The molecule has 22 heavy (non-hydrogen) atoms. The predicted octanol–water partition coefficient (Wildman–Crippen LogP) is 2.13. The fraction of sp³-hybridized carbons (Fsp3) is 0.765. The van der Waals surface area contributed by atoms with Crippen molar-refractivity contribution < 1.29 is 4.79 Å². The van der Waals surface area contributed by atoms with Crippen LogP contribution in [0.25, 0.3) is 0 Å². The van der Waals surface area contributed by atoms with Gasteiger partial charge in [0.15, 0.2) is 0 Å². The van der Waals surface area contributed by atoms with Crippen molar-refractivity contribution in [2.24, 2.45) is 5.92 Å². The normalized spacial score (nSPS) is 23.1. The molecule has 1 saturated heterocycles. The summed E-state index contributed by atoms with van der Waals surface area (Å²) in [6.07, 6.45) is 7.76. The Morgan fingerprint density at radius 1 is 1.36 bits per heavy atom. The molecule has 2 aliphatic rings. The number of rotatable bonds is 6. The Morgan fingerprint density at radius 3 is 2.82 bits per heavy atom. The molecule has 2 heterocycles. The van der Waals surface area contributed by atoms with Gasteiger partial charge in [-0.1, -0.05) is 12.8 Å². The maximum Gasteiger partial charge on any atom is 0.223 e.